The zero-order valence-electron chi connectivity index (χ0n) is 15.3. The molecule has 2 N–H and O–H groups in total. The topological polar surface area (TPSA) is 84.8 Å². The summed E-state index contributed by atoms with van der Waals surface area (Å²) < 4.78 is 7.33. The standard InChI is InChI=1S/C20H19N5O2S/c1-2-14-5-7-16(8-6-14)27-13-25-12-15(11-21-25)22-20(26)18-10-17(23-24-18)19-4-3-9-28-19/h3-12H,2,13H2,1H3,(H,22,26)(H,23,24). The largest absolute Gasteiger partial charge is 0.471 e. The molecule has 8 heteroatoms. The third kappa shape index (κ3) is 4.12. The number of aromatic nitrogens is 4. The number of thiophene rings is 1. The molecular weight excluding hydrogens is 374 g/mol. The maximum atomic E-state index is 12.4. The maximum Gasteiger partial charge on any atom is 0.276 e. The monoisotopic (exact) mass is 393 g/mol. The van der Waals surface area contributed by atoms with E-state index < -0.39 is 0 Å². The van der Waals surface area contributed by atoms with Crippen LogP contribution in [0.4, 0.5) is 5.69 Å². The third-order valence-corrected chi connectivity index (χ3v) is 5.09. The SMILES string of the molecule is CCc1ccc(OCn2cc(NC(=O)c3cc(-c4cccs4)[nH]n3)cn2)cc1. The fourth-order valence-corrected chi connectivity index (χ4v) is 3.34. The van der Waals surface area contributed by atoms with Crippen molar-refractivity contribution in [3.63, 3.8) is 0 Å². The van der Waals surface area contributed by atoms with Crippen molar-refractivity contribution in [1.82, 2.24) is 20.0 Å². The molecule has 142 valence electrons. The van der Waals surface area contributed by atoms with Gasteiger partial charge in [0.1, 0.15) is 5.75 Å². The molecule has 0 saturated carbocycles. The van der Waals surface area contributed by atoms with Gasteiger partial charge in [0.15, 0.2) is 12.4 Å². The lowest BCUT2D eigenvalue weighted by atomic mass is 10.2. The molecule has 0 saturated heterocycles. The molecule has 0 aliphatic carbocycles. The second-order valence-electron chi connectivity index (χ2n) is 6.14. The van der Waals surface area contributed by atoms with Crippen molar-refractivity contribution in [3.8, 4) is 16.3 Å². The fourth-order valence-electron chi connectivity index (χ4n) is 2.65. The minimum Gasteiger partial charge on any atom is -0.471 e. The lowest BCUT2D eigenvalue weighted by molar-refractivity contribution is 0.102. The van der Waals surface area contributed by atoms with Crippen LogP contribution >= 0.6 is 11.3 Å². The Kier molecular flexibility index (Phi) is 5.20. The van der Waals surface area contributed by atoms with Gasteiger partial charge in [0.25, 0.3) is 5.91 Å². The van der Waals surface area contributed by atoms with Crippen LogP contribution in [0.3, 0.4) is 0 Å². The molecule has 3 heterocycles. The van der Waals surface area contributed by atoms with Gasteiger partial charge in [0, 0.05) is 0 Å². The van der Waals surface area contributed by atoms with Gasteiger partial charge in [-0.15, -0.1) is 11.3 Å². The molecule has 4 aromatic rings. The van der Waals surface area contributed by atoms with Crippen LogP contribution in [0.25, 0.3) is 10.6 Å². The van der Waals surface area contributed by atoms with Crippen molar-refractivity contribution in [2.45, 2.75) is 20.1 Å². The summed E-state index contributed by atoms with van der Waals surface area (Å²) in [6.45, 7) is 2.37. The number of carbonyl (C=O) groups excluding carboxylic acids is 1. The van der Waals surface area contributed by atoms with Gasteiger partial charge in [-0.2, -0.15) is 10.2 Å². The minimum atomic E-state index is -0.297. The quantitative estimate of drug-likeness (QED) is 0.493. The van der Waals surface area contributed by atoms with Gasteiger partial charge in [-0.25, -0.2) is 4.68 Å². The molecule has 7 nitrogen and oxygen atoms in total. The Morgan fingerprint density at radius 3 is 2.89 bits per heavy atom. The van der Waals surface area contributed by atoms with Gasteiger partial charge in [0.05, 0.1) is 28.7 Å². The lowest BCUT2D eigenvalue weighted by Crippen LogP contribution is -2.12. The highest BCUT2D eigenvalue weighted by atomic mass is 32.1. The van der Waals surface area contributed by atoms with Gasteiger partial charge in [-0.1, -0.05) is 25.1 Å². The number of benzene rings is 1. The average Bonchev–Trinajstić information content (AvgIpc) is 3.47. The van der Waals surface area contributed by atoms with Crippen molar-refractivity contribution >= 4 is 22.9 Å². The van der Waals surface area contributed by atoms with Crippen LogP contribution in [0.2, 0.25) is 0 Å². The van der Waals surface area contributed by atoms with Crippen LogP contribution in [-0.4, -0.2) is 25.9 Å². The average molecular weight is 393 g/mol. The Morgan fingerprint density at radius 2 is 2.14 bits per heavy atom. The summed E-state index contributed by atoms with van der Waals surface area (Å²) in [6.07, 6.45) is 4.28. The number of nitrogens with one attached hydrogen (secondary N) is 2. The summed E-state index contributed by atoms with van der Waals surface area (Å²) in [5.74, 6) is 0.477. The Hall–Kier alpha value is -3.39. The third-order valence-electron chi connectivity index (χ3n) is 4.18. The summed E-state index contributed by atoms with van der Waals surface area (Å²) in [7, 11) is 0. The van der Waals surface area contributed by atoms with E-state index in [4.69, 9.17) is 4.74 Å². The summed E-state index contributed by atoms with van der Waals surface area (Å²) in [6, 6.07) is 13.6. The fraction of sp³-hybridized carbons (Fsp3) is 0.150. The molecule has 0 unspecified atom stereocenters. The van der Waals surface area contributed by atoms with Crippen LogP contribution in [0, 0.1) is 0 Å². The number of nitrogens with zero attached hydrogens (tertiary/aromatic N) is 3. The molecule has 1 amide bonds. The normalized spacial score (nSPS) is 10.8. The summed E-state index contributed by atoms with van der Waals surface area (Å²) >= 11 is 1.58. The van der Waals surface area contributed by atoms with Crippen molar-refractivity contribution in [1.29, 1.82) is 0 Å². The Balaban J connectivity index is 1.34. The highest BCUT2D eigenvalue weighted by Crippen LogP contribution is 2.23. The van der Waals surface area contributed by atoms with Crippen molar-refractivity contribution < 1.29 is 9.53 Å². The highest BCUT2D eigenvalue weighted by Gasteiger charge is 2.13. The second kappa shape index (κ2) is 8.10. The molecule has 3 aromatic heterocycles. The summed E-state index contributed by atoms with van der Waals surface area (Å²) in [5.41, 5.74) is 2.98. The van der Waals surface area contributed by atoms with Gasteiger partial charge in [-0.05, 0) is 41.6 Å². The first-order valence-corrected chi connectivity index (χ1v) is 9.74. The Bertz CT molecular complexity index is 1050. The predicted molar refractivity (Wildman–Crippen MR) is 109 cm³/mol. The summed E-state index contributed by atoms with van der Waals surface area (Å²) in [4.78, 5) is 13.4. The number of carbonyl (C=O) groups is 1. The van der Waals surface area contributed by atoms with E-state index in [0.717, 1.165) is 22.7 Å². The van der Waals surface area contributed by atoms with Gasteiger partial charge in [-0.3, -0.25) is 9.89 Å². The zero-order chi connectivity index (χ0) is 19.3. The number of aryl methyl sites for hydroxylation is 1. The zero-order valence-corrected chi connectivity index (χ0v) is 16.1. The molecule has 0 aliphatic rings. The van der Waals surface area contributed by atoms with E-state index in [-0.39, 0.29) is 12.6 Å². The first kappa shape index (κ1) is 18.0. The second-order valence-corrected chi connectivity index (χ2v) is 7.09. The van der Waals surface area contributed by atoms with E-state index in [1.165, 1.54) is 5.56 Å². The van der Waals surface area contributed by atoms with Gasteiger partial charge < -0.3 is 10.1 Å². The number of hydrogen-bond donors (Lipinski definition) is 2. The molecule has 0 atom stereocenters. The van der Waals surface area contributed by atoms with Crippen molar-refractivity contribution in [3.05, 3.63) is 71.5 Å². The van der Waals surface area contributed by atoms with E-state index in [1.807, 2.05) is 41.8 Å². The number of hydrogen-bond acceptors (Lipinski definition) is 5. The van der Waals surface area contributed by atoms with E-state index in [1.54, 1.807) is 34.5 Å². The number of ether oxygens (including phenoxy) is 1. The van der Waals surface area contributed by atoms with E-state index >= 15 is 0 Å². The number of aromatic amines is 1. The van der Waals surface area contributed by atoms with Crippen LogP contribution in [0.15, 0.2) is 60.2 Å². The van der Waals surface area contributed by atoms with E-state index in [2.05, 4.69) is 27.5 Å². The van der Waals surface area contributed by atoms with Crippen LogP contribution in [0.1, 0.15) is 23.0 Å². The van der Waals surface area contributed by atoms with Crippen molar-refractivity contribution in [2.75, 3.05) is 5.32 Å². The molecule has 0 aliphatic heterocycles. The number of H-pyrrole nitrogens is 1. The number of rotatable bonds is 7. The molecule has 1 aromatic carbocycles. The van der Waals surface area contributed by atoms with Crippen LogP contribution in [0.5, 0.6) is 5.75 Å². The molecular formula is C20H19N5O2S. The predicted octanol–water partition coefficient (Wildman–Crippen LogP) is 4.19. The van der Waals surface area contributed by atoms with Gasteiger partial charge in [0.2, 0.25) is 0 Å². The molecule has 28 heavy (non-hydrogen) atoms. The first-order chi connectivity index (χ1) is 13.7. The Labute approximate surface area is 166 Å². The molecule has 0 spiro atoms. The molecule has 0 fully saturated rings. The molecule has 4 rings (SSSR count). The summed E-state index contributed by atoms with van der Waals surface area (Å²) in [5, 5.41) is 15.9. The Morgan fingerprint density at radius 1 is 1.29 bits per heavy atom. The number of anilines is 1. The molecule has 0 radical (unpaired) electrons. The van der Waals surface area contributed by atoms with Crippen LogP contribution < -0.4 is 10.1 Å². The van der Waals surface area contributed by atoms with Gasteiger partial charge >= 0.3 is 0 Å². The molecule has 0 bridgehead atoms. The number of amides is 1. The van der Waals surface area contributed by atoms with E-state index in [9.17, 15) is 4.79 Å². The maximum absolute atomic E-state index is 12.4. The van der Waals surface area contributed by atoms with Crippen LogP contribution in [-0.2, 0) is 13.2 Å². The minimum absolute atomic E-state index is 0.256. The van der Waals surface area contributed by atoms with E-state index in [0.29, 0.717) is 11.4 Å². The smallest absolute Gasteiger partial charge is 0.276 e. The highest BCUT2D eigenvalue weighted by molar-refractivity contribution is 7.13. The van der Waals surface area contributed by atoms with Crippen molar-refractivity contribution in [2.24, 2.45) is 0 Å². The first-order valence-electron chi connectivity index (χ1n) is 8.86. The lowest BCUT2D eigenvalue weighted by Gasteiger charge is -2.06.